The van der Waals surface area contributed by atoms with E-state index in [1.54, 1.807) is 6.08 Å². The highest BCUT2D eigenvalue weighted by atomic mass is 16.7. The van der Waals surface area contributed by atoms with Crippen LogP contribution in [0.15, 0.2) is 22.8 Å². The lowest BCUT2D eigenvalue weighted by Crippen LogP contribution is -2.60. The third kappa shape index (κ3) is 3.60. The molecule has 8 unspecified atom stereocenters. The second-order valence-corrected chi connectivity index (χ2v) is 8.81. The molecular formula is C21H32O7. The van der Waals surface area contributed by atoms with E-state index < -0.39 is 37.3 Å². The van der Waals surface area contributed by atoms with Gasteiger partial charge in [0.2, 0.25) is 0 Å². The molecule has 1 aliphatic heterocycles. The molecule has 1 saturated heterocycles. The molecule has 158 valence electrons. The quantitative estimate of drug-likeness (QED) is 0.523. The molecule has 1 saturated carbocycles. The van der Waals surface area contributed by atoms with Crippen LogP contribution in [0, 0.1) is 11.3 Å². The zero-order valence-electron chi connectivity index (χ0n) is 17.0. The monoisotopic (exact) mass is 396 g/mol. The van der Waals surface area contributed by atoms with Gasteiger partial charge in [-0.1, -0.05) is 25.0 Å². The highest BCUT2D eigenvalue weighted by Gasteiger charge is 2.50. The fourth-order valence-electron chi connectivity index (χ4n) is 4.71. The maximum absolute atomic E-state index is 12.4. The highest BCUT2D eigenvalue weighted by molar-refractivity contribution is 6.06. The highest BCUT2D eigenvalue weighted by Crippen LogP contribution is 2.52. The Bertz CT molecular complexity index is 678. The molecule has 7 heteroatoms. The van der Waals surface area contributed by atoms with Gasteiger partial charge in [-0.15, -0.1) is 0 Å². The average molecular weight is 396 g/mol. The van der Waals surface area contributed by atoms with E-state index in [4.69, 9.17) is 9.47 Å². The molecule has 3 aliphatic rings. The maximum Gasteiger partial charge on any atom is 0.186 e. The predicted molar refractivity (Wildman–Crippen MR) is 101 cm³/mol. The van der Waals surface area contributed by atoms with E-state index in [2.05, 4.69) is 13.8 Å². The number of aliphatic hydroxyl groups excluding tert-OH is 4. The summed E-state index contributed by atoms with van der Waals surface area (Å²) in [5, 5.41) is 39.6. The molecule has 0 radical (unpaired) electrons. The van der Waals surface area contributed by atoms with Crippen LogP contribution in [0.5, 0.6) is 0 Å². The van der Waals surface area contributed by atoms with Crippen molar-refractivity contribution in [3.8, 4) is 0 Å². The third-order valence-electron chi connectivity index (χ3n) is 6.90. The maximum atomic E-state index is 12.4. The van der Waals surface area contributed by atoms with Crippen LogP contribution in [0.1, 0.15) is 47.0 Å². The Morgan fingerprint density at radius 1 is 1.25 bits per heavy atom. The zero-order chi connectivity index (χ0) is 20.8. The molecule has 1 heterocycles. The molecule has 0 spiro atoms. The molecular weight excluding hydrogens is 364 g/mol. The molecule has 0 aromatic rings. The summed E-state index contributed by atoms with van der Waals surface area (Å²) in [4.78, 5) is 12.4. The normalized spacial score (nSPS) is 44.1. The Balaban J connectivity index is 1.80. The Hall–Kier alpha value is -1.09. The van der Waals surface area contributed by atoms with Gasteiger partial charge in [0.05, 0.1) is 12.7 Å². The van der Waals surface area contributed by atoms with Gasteiger partial charge in [0.25, 0.3) is 0 Å². The number of hydrogen-bond acceptors (Lipinski definition) is 7. The van der Waals surface area contributed by atoms with Crippen LogP contribution >= 0.6 is 0 Å². The molecule has 7 nitrogen and oxygen atoms in total. The van der Waals surface area contributed by atoms with Crippen LogP contribution in [-0.2, 0) is 14.3 Å². The SMILES string of the molecule is CC(C)=C1CC2(C)C(=CC1=O)CCC(OC1OC(CO)C(O)C(O)C1O)C2C. The first-order chi connectivity index (χ1) is 13.1. The van der Waals surface area contributed by atoms with E-state index in [1.807, 2.05) is 13.8 Å². The predicted octanol–water partition coefficient (Wildman–Crippen LogP) is 0.843. The number of aliphatic hydroxyl groups is 4. The van der Waals surface area contributed by atoms with E-state index in [0.29, 0.717) is 19.3 Å². The number of fused-ring (bicyclic) bond motifs is 1. The van der Waals surface area contributed by atoms with E-state index >= 15 is 0 Å². The van der Waals surface area contributed by atoms with Gasteiger partial charge in [-0.2, -0.15) is 0 Å². The summed E-state index contributed by atoms with van der Waals surface area (Å²) in [7, 11) is 0. The van der Waals surface area contributed by atoms with Crippen molar-refractivity contribution >= 4 is 5.78 Å². The van der Waals surface area contributed by atoms with Crippen molar-refractivity contribution in [3.05, 3.63) is 22.8 Å². The van der Waals surface area contributed by atoms with Crippen LogP contribution in [0.2, 0.25) is 0 Å². The summed E-state index contributed by atoms with van der Waals surface area (Å²) >= 11 is 0. The lowest BCUT2D eigenvalue weighted by Gasteiger charge is -2.50. The van der Waals surface area contributed by atoms with Gasteiger partial charge < -0.3 is 29.9 Å². The van der Waals surface area contributed by atoms with E-state index in [-0.39, 0.29) is 23.2 Å². The van der Waals surface area contributed by atoms with Crippen LogP contribution in [0.25, 0.3) is 0 Å². The Kier molecular flexibility index (Phi) is 6.15. The summed E-state index contributed by atoms with van der Waals surface area (Å²) < 4.78 is 11.6. The summed E-state index contributed by atoms with van der Waals surface area (Å²) in [5.41, 5.74) is 2.75. The van der Waals surface area contributed by atoms with Crippen LogP contribution in [-0.4, -0.2) is 69.6 Å². The van der Waals surface area contributed by atoms with Crippen molar-refractivity contribution in [2.75, 3.05) is 6.61 Å². The third-order valence-corrected chi connectivity index (χ3v) is 6.90. The standard InChI is InChI=1S/C21H32O7/c1-10(2)13-8-21(4)11(3)15(6-5-12(21)7-14(13)23)27-20-19(26)18(25)17(24)16(9-22)28-20/h7,11,15-20,22,24-26H,5-6,8-9H2,1-4H3. The van der Waals surface area contributed by atoms with Crippen molar-refractivity contribution in [2.45, 2.75) is 83.8 Å². The number of carbonyl (C=O) groups excluding carboxylic acids is 1. The van der Waals surface area contributed by atoms with Crippen molar-refractivity contribution in [1.29, 1.82) is 0 Å². The van der Waals surface area contributed by atoms with E-state index in [1.165, 1.54) is 0 Å². The smallest absolute Gasteiger partial charge is 0.186 e. The fraction of sp³-hybridized carbons (Fsp3) is 0.762. The largest absolute Gasteiger partial charge is 0.394 e. The number of carbonyl (C=O) groups is 1. The van der Waals surface area contributed by atoms with E-state index in [0.717, 1.165) is 16.7 Å². The van der Waals surface area contributed by atoms with E-state index in [9.17, 15) is 25.2 Å². The second kappa shape index (κ2) is 7.97. The van der Waals surface area contributed by atoms with Gasteiger partial charge in [-0.25, -0.2) is 0 Å². The second-order valence-electron chi connectivity index (χ2n) is 8.81. The summed E-state index contributed by atoms with van der Waals surface area (Å²) in [6.07, 6.45) is -2.85. The molecule has 0 aromatic heterocycles. The van der Waals surface area contributed by atoms with Crippen LogP contribution in [0.3, 0.4) is 0 Å². The number of ketones is 1. The van der Waals surface area contributed by atoms with Crippen molar-refractivity contribution in [3.63, 3.8) is 0 Å². The number of allylic oxidation sites excluding steroid dienone is 4. The molecule has 3 rings (SSSR count). The van der Waals surface area contributed by atoms with Gasteiger partial charge in [0.1, 0.15) is 24.4 Å². The van der Waals surface area contributed by atoms with Crippen LogP contribution in [0.4, 0.5) is 0 Å². The zero-order valence-corrected chi connectivity index (χ0v) is 17.0. The molecule has 8 atom stereocenters. The molecule has 0 amide bonds. The number of rotatable bonds is 3. The lowest BCUT2D eigenvalue weighted by atomic mass is 9.58. The molecule has 0 bridgehead atoms. The molecule has 0 aromatic carbocycles. The Labute approximate surface area is 165 Å². The van der Waals surface area contributed by atoms with Gasteiger partial charge in [-0.05, 0) is 56.1 Å². The van der Waals surface area contributed by atoms with Crippen molar-refractivity contribution in [2.24, 2.45) is 11.3 Å². The molecule has 2 fully saturated rings. The average Bonchev–Trinajstić information content (AvgIpc) is 2.65. The van der Waals surface area contributed by atoms with Gasteiger partial charge in [0.15, 0.2) is 12.1 Å². The Morgan fingerprint density at radius 2 is 1.93 bits per heavy atom. The molecule has 28 heavy (non-hydrogen) atoms. The summed E-state index contributed by atoms with van der Waals surface area (Å²) in [6.45, 7) is 7.62. The minimum Gasteiger partial charge on any atom is -0.394 e. The summed E-state index contributed by atoms with van der Waals surface area (Å²) in [6, 6.07) is 0. The molecule has 2 aliphatic carbocycles. The minimum absolute atomic E-state index is 0.0438. The van der Waals surface area contributed by atoms with Crippen LogP contribution < -0.4 is 0 Å². The van der Waals surface area contributed by atoms with Crippen molar-refractivity contribution < 1.29 is 34.7 Å². The topological polar surface area (TPSA) is 116 Å². The Morgan fingerprint density at radius 3 is 2.54 bits per heavy atom. The van der Waals surface area contributed by atoms with Crippen molar-refractivity contribution in [1.82, 2.24) is 0 Å². The van der Waals surface area contributed by atoms with Gasteiger partial charge in [0, 0.05) is 0 Å². The first-order valence-corrected chi connectivity index (χ1v) is 9.97. The number of hydrogen-bond donors (Lipinski definition) is 4. The first-order valence-electron chi connectivity index (χ1n) is 9.97. The number of ether oxygens (including phenoxy) is 2. The van der Waals surface area contributed by atoms with Gasteiger partial charge in [-0.3, -0.25) is 4.79 Å². The molecule has 4 N–H and O–H groups in total. The lowest BCUT2D eigenvalue weighted by molar-refractivity contribution is -0.318. The summed E-state index contributed by atoms with van der Waals surface area (Å²) in [5.74, 6) is 0.135. The van der Waals surface area contributed by atoms with Gasteiger partial charge >= 0.3 is 0 Å². The first kappa shape index (κ1) is 21.6. The minimum atomic E-state index is -1.45. The fourth-order valence-corrected chi connectivity index (χ4v) is 4.71.